The van der Waals surface area contributed by atoms with Gasteiger partial charge in [-0.05, 0) is 66.4 Å². The summed E-state index contributed by atoms with van der Waals surface area (Å²) in [6.07, 6.45) is 2.52. The van der Waals surface area contributed by atoms with Gasteiger partial charge in [-0.25, -0.2) is 9.78 Å². The summed E-state index contributed by atoms with van der Waals surface area (Å²) in [6.45, 7) is 6.99. The molecule has 5 nitrogen and oxygen atoms in total. The summed E-state index contributed by atoms with van der Waals surface area (Å²) in [5, 5.41) is 0. The Labute approximate surface area is 183 Å². The van der Waals surface area contributed by atoms with E-state index >= 15 is 0 Å². The Morgan fingerprint density at radius 2 is 1.93 bits per heavy atom. The molecule has 1 N–H and O–H groups in total. The Morgan fingerprint density at radius 1 is 1.21 bits per heavy atom. The van der Waals surface area contributed by atoms with Gasteiger partial charge >= 0.3 is 6.09 Å². The molecule has 1 aliphatic heterocycles. The zero-order valence-electron chi connectivity index (χ0n) is 16.7. The van der Waals surface area contributed by atoms with E-state index in [9.17, 15) is 4.79 Å². The second-order valence-corrected chi connectivity index (χ2v) is 10.7. The van der Waals surface area contributed by atoms with E-state index < -0.39 is 5.60 Å². The van der Waals surface area contributed by atoms with Crippen molar-refractivity contribution in [1.82, 2.24) is 14.9 Å². The molecule has 0 aliphatic carbocycles. The van der Waals surface area contributed by atoms with Gasteiger partial charge in [0.05, 0.1) is 15.7 Å². The predicted molar refractivity (Wildman–Crippen MR) is 120 cm³/mol. The highest BCUT2D eigenvalue weighted by Gasteiger charge is 2.31. The minimum Gasteiger partial charge on any atom is -0.444 e. The van der Waals surface area contributed by atoms with Crippen LogP contribution in [0.25, 0.3) is 21.7 Å². The number of likely N-dealkylation sites (tertiary alicyclic amines) is 1. The third-order valence-electron chi connectivity index (χ3n) is 4.88. The van der Waals surface area contributed by atoms with Crippen molar-refractivity contribution in [3.05, 3.63) is 52.2 Å². The van der Waals surface area contributed by atoms with Gasteiger partial charge in [0, 0.05) is 23.9 Å². The lowest BCUT2D eigenvalue weighted by Gasteiger charge is -2.24. The van der Waals surface area contributed by atoms with Gasteiger partial charge in [-0.15, -0.1) is 11.3 Å². The van der Waals surface area contributed by atoms with Crippen LogP contribution in [-0.4, -0.2) is 39.7 Å². The van der Waals surface area contributed by atoms with E-state index in [0.29, 0.717) is 13.1 Å². The number of nitrogens with one attached hydrogen (secondary N) is 1. The second kappa shape index (κ2) is 7.95. The number of thiophene rings is 1. The lowest BCUT2D eigenvalue weighted by molar-refractivity contribution is 0.0292. The number of halogens is 1. The van der Waals surface area contributed by atoms with Crippen molar-refractivity contribution in [3.8, 4) is 21.7 Å². The highest BCUT2D eigenvalue weighted by atomic mass is 79.9. The average molecular weight is 474 g/mol. The van der Waals surface area contributed by atoms with Crippen LogP contribution in [0.5, 0.6) is 0 Å². The van der Waals surface area contributed by atoms with Gasteiger partial charge in [0.1, 0.15) is 11.4 Å². The van der Waals surface area contributed by atoms with Crippen LogP contribution in [-0.2, 0) is 4.74 Å². The maximum atomic E-state index is 12.3. The number of carbonyl (C=O) groups excluding carboxylic acids is 1. The third-order valence-corrected chi connectivity index (χ3v) is 6.55. The monoisotopic (exact) mass is 473 g/mol. The zero-order valence-corrected chi connectivity index (χ0v) is 19.1. The topological polar surface area (TPSA) is 58.2 Å². The fraction of sp³-hybridized carbons (Fsp3) is 0.364. The number of rotatable bonds is 3. The summed E-state index contributed by atoms with van der Waals surface area (Å²) in [7, 11) is 0. The normalized spacial score (nSPS) is 17.0. The van der Waals surface area contributed by atoms with Crippen LogP contribution in [0.2, 0.25) is 0 Å². The summed E-state index contributed by atoms with van der Waals surface area (Å²) >= 11 is 5.24. The van der Waals surface area contributed by atoms with Gasteiger partial charge in [0.15, 0.2) is 0 Å². The molecule has 4 rings (SSSR count). The minimum atomic E-state index is -0.474. The Balaban J connectivity index is 1.43. The van der Waals surface area contributed by atoms with Gasteiger partial charge in [0.2, 0.25) is 0 Å². The summed E-state index contributed by atoms with van der Waals surface area (Å²) in [5.41, 5.74) is 2.82. The molecule has 1 aromatic carbocycles. The van der Waals surface area contributed by atoms with E-state index in [1.807, 2.05) is 27.0 Å². The SMILES string of the molecule is CC(C)(C)OC(=O)N1CCC(c2ncc(-c3ccc(-c4ccc(Br)s4)cc3)[nH]2)C1. The fourth-order valence-electron chi connectivity index (χ4n) is 3.45. The lowest BCUT2D eigenvalue weighted by Crippen LogP contribution is -2.35. The quantitative estimate of drug-likeness (QED) is 0.485. The Kier molecular flexibility index (Phi) is 5.53. The molecule has 3 heterocycles. The molecular weight excluding hydrogens is 450 g/mol. The number of amides is 1. The summed E-state index contributed by atoms with van der Waals surface area (Å²) < 4.78 is 6.62. The van der Waals surface area contributed by atoms with Gasteiger partial charge < -0.3 is 14.6 Å². The van der Waals surface area contributed by atoms with Crippen LogP contribution in [0.3, 0.4) is 0 Å². The number of imidazole rings is 1. The van der Waals surface area contributed by atoms with Gasteiger partial charge in [-0.3, -0.25) is 0 Å². The van der Waals surface area contributed by atoms with Crippen LogP contribution in [0.4, 0.5) is 4.79 Å². The molecule has 1 saturated heterocycles. The molecule has 1 atom stereocenters. The van der Waals surface area contributed by atoms with E-state index in [0.717, 1.165) is 27.3 Å². The number of benzene rings is 1. The number of hydrogen-bond donors (Lipinski definition) is 1. The van der Waals surface area contributed by atoms with Crippen LogP contribution in [0.1, 0.15) is 38.9 Å². The van der Waals surface area contributed by atoms with E-state index in [4.69, 9.17) is 4.74 Å². The van der Waals surface area contributed by atoms with Crippen molar-refractivity contribution in [1.29, 1.82) is 0 Å². The van der Waals surface area contributed by atoms with E-state index in [1.54, 1.807) is 16.2 Å². The molecular formula is C22H24BrN3O2S. The van der Waals surface area contributed by atoms with Crippen LogP contribution < -0.4 is 0 Å². The fourth-order valence-corrected chi connectivity index (χ4v) is 4.84. The molecule has 7 heteroatoms. The standard InChI is InChI=1S/C22H24BrN3O2S/c1-22(2,3)28-21(27)26-11-10-16(13-26)20-24-12-17(25-20)14-4-6-15(7-5-14)18-8-9-19(23)29-18/h4-9,12,16H,10-11,13H2,1-3H3,(H,24,25). The first-order chi connectivity index (χ1) is 13.8. The Morgan fingerprint density at radius 3 is 2.59 bits per heavy atom. The largest absolute Gasteiger partial charge is 0.444 e. The number of carbonyl (C=O) groups is 1. The highest BCUT2D eigenvalue weighted by Crippen LogP contribution is 2.33. The van der Waals surface area contributed by atoms with Crippen molar-refractivity contribution < 1.29 is 9.53 Å². The molecule has 29 heavy (non-hydrogen) atoms. The molecule has 0 radical (unpaired) electrons. The van der Waals surface area contributed by atoms with Crippen molar-refractivity contribution in [2.45, 2.75) is 38.7 Å². The van der Waals surface area contributed by atoms with Gasteiger partial charge in [0.25, 0.3) is 0 Å². The molecule has 3 aromatic rings. The lowest BCUT2D eigenvalue weighted by atomic mass is 10.1. The smallest absolute Gasteiger partial charge is 0.410 e. The molecule has 0 spiro atoms. The number of aromatic amines is 1. The maximum Gasteiger partial charge on any atom is 0.410 e. The summed E-state index contributed by atoms with van der Waals surface area (Å²) in [6, 6.07) is 12.7. The molecule has 0 saturated carbocycles. The average Bonchev–Trinajstić information content (AvgIpc) is 3.40. The number of ether oxygens (including phenoxy) is 1. The van der Waals surface area contributed by atoms with Gasteiger partial charge in [-0.2, -0.15) is 0 Å². The molecule has 152 valence electrons. The Hall–Kier alpha value is -2.12. The molecule has 1 unspecified atom stereocenters. The summed E-state index contributed by atoms with van der Waals surface area (Å²) in [4.78, 5) is 23.3. The molecule has 2 aromatic heterocycles. The maximum absolute atomic E-state index is 12.3. The van der Waals surface area contributed by atoms with Crippen LogP contribution in [0, 0.1) is 0 Å². The second-order valence-electron chi connectivity index (χ2n) is 8.28. The van der Waals surface area contributed by atoms with Crippen molar-refractivity contribution in [3.63, 3.8) is 0 Å². The molecule has 1 fully saturated rings. The van der Waals surface area contributed by atoms with Crippen LogP contribution in [0.15, 0.2) is 46.4 Å². The van der Waals surface area contributed by atoms with Gasteiger partial charge in [-0.1, -0.05) is 24.3 Å². The third kappa shape index (κ3) is 4.73. The van der Waals surface area contributed by atoms with Crippen molar-refractivity contribution in [2.24, 2.45) is 0 Å². The van der Waals surface area contributed by atoms with Crippen LogP contribution >= 0.6 is 27.3 Å². The molecule has 1 amide bonds. The predicted octanol–water partition coefficient (Wildman–Crippen LogP) is 6.29. The number of H-pyrrole nitrogens is 1. The van der Waals surface area contributed by atoms with E-state index in [-0.39, 0.29) is 12.0 Å². The van der Waals surface area contributed by atoms with E-state index in [1.165, 1.54) is 10.4 Å². The number of nitrogens with zero attached hydrogens (tertiary/aromatic N) is 2. The first-order valence-corrected chi connectivity index (χ1v) is 11.3. The highest BCUT2D eigenvalue weighted by molar-refractivity contribution is 9.11. The number of hydrogen-bond acceptors (Lipinski definition) is 4. The molecule has 1 aliphatic rings. The first-order valence-electron chi connectivity index (χ1n) is 9.67. The molecule has 0 bridgehead atoms. The first kappa shape index (κ1) is 20.2. The van der Waals surface area contributed by atoms with Crippen molar-refractivity contribution >= 4 is 33.4 Å². The summed E-state index contributed by atoms with van der Waals surface area (Å²) in [5.74, 6) is 1.14. The van der Waals surface area contributed by atoms with E-state index in [2.05, 4.69) is 62.3 Å². The minimum absolute atomic E-state index is 0.207. The Bertz CT molecular complexity index is 1000. The van der Waals surface area contributed by atoms with Crippen molar-refractivity contribution in [2.75, 3.05) is 13.1 Å². The number of aromatic nitrogens is 2. The zero-order chi connectivity index (χ0) is 20.6.